The summed E-state index contributed by atoms with van der Waals surface area (Å²) in [5.74, 6) is -2.64. The number of nitrogens with two attached hydrogens (primary N) is 2. The van der Waals surface area contributed by atoms with Crippen molar-refractivity contribution in [2.24, 2.45) is 17.4 Å². The van der Waals surface area contributed by atoms with Gasteiger partial charge in [-0.25, -0.2) is 4.79 Å². The first-order chi connectivity index (χ1) is 13.5. The number of halogens is 1. The molecular formula is C22H27BrN2O4. The van der Waals surface area contributed by atoms with Crippen molar-refractivity contribution in [3.8, 4) is 0 Å². The number of carbonyl (C=O) groups excluding carboxylic acids is 2. The normalized spacial score (nSPS) is 12.9. The van der Waals surface area contributed by atoms with E-state index in [0.29, 0.717) is 0 Å². The maximum absolute atomic E-state index is 12.9. The van der Waals surface area contributed by atoms with Crippen LogP contribution in [0.1, 0.15) is 31.9 Å². The molecule has 156 valence electrons. The summed E-state index contributed by atoms with van der Waals surface area (Å²) < 4.78 is 11.7. The molecule has 1 atom stereocenters. The van der Waals surface area contributed by atoms with Crippen LogP contribution < -0.4 is 11.5 Å². The lowest BCUT2D eigenvalue weighted by Gasteiger charge is -2.32. The van der Waals surface area contributed by atoms with Gasteiger partial charge in [0.1, 0.15) is 18.1 Å². The van der Waals surface area contributed by atoms with Crippen molar-refractivity contribution >= 4 is 27.9 Å². The van der Waals surface area contributed by atoms with Gasteiger partial charge in [-0.1, -0.05) is 58.4 Å². The van der Waals surface area contributed by atoms with Crippen molar-refractivity contribution in [1.82, 2.24) is 0 Å². The van der Waals surface area contributed by atoms with E-state index < -0.39 is 29.1 Å². The number of carbonyl (C=O) groups is 2. The molecule has 0 aromatic heterocycles. The highest BCUT2D eigenvalue weighted by Crippen LogP contribution is 2.24. The Bertz CT molecular complexity index is 830. The van der Waals surface area contributed by atoms with Gasteiger partial charge in [0, 0.05) is 4.47 Å². The molecule has 0 saturated heterocycles. The Labute approximate surface area is 179 Å². The highest BCUT2D eigenvalue weighted by molar-refractivity contribution is 9.10. The van der Waals surface area contributed by atoms with Crippen molar-refractivity contribution < 1.29 is 19.1 Å². The van der Waals surface area contributed by atoms with Gasteiger partial charge in [-0.05, 0) is 50.5 Å². The van der Waals surface area contributed by atoms with Crippen molar-refractivity contribution in [3.63, 3.8) is 0 Å². The molecule has 0 heterocycles. The number of hydrogen-bond donors (Lipinski definition) is 2. The fourth-order valence-corrected chi connectivity index (χ4v) is 2.93. The quantitative estimate of drug-likeness (QED) is 0.482. The fraction of sp³-hybridized carbons (Fsp3) is 0.364. The van der Waals surface area contributed by atoms with E-state index in [4.69, 9.17) is 20.9 Å². The van der Waals surface area contributed by atoms with E-state index in [-0.39, 0.29) is 13.0 Å². The van der Waals surface area contributed by atoms with Crippen LogP contribution in [0.25, 0.3) is 0 Å². The molecule has 0 aliphatic rings. The van der Waals surface area contributed by atoms with E-state index in [9.17, 15) is 9.59 Å². The number of esters is 2. The van der Waals surface area contributed by atoms with E-state index in [2.05, 4.69) is 15.9 Å². The van der Waals surface area contributed by atoms with Crippen LogP contribution in [0.2, 0.25) is 0 Å². The van der Waals surface area contributed by atoms with Gasteiger partial charge in [-0.15, -0.1) is 0 Å². The maximum Gasteiger partial charge on any atom is 0.342 e. The van der Waals surface area contributed by atoms with Crippen molar-refractivity contribution in [1.29, 1.82) is 0 Å². The molecule has 0 bridgehead atoms. The minimum absolute atomic E-state index is 0.00907. The van der Waals surface area contributed by atoms with Crippen LogP contribution in [-0.2, 0) is 32.1 Å². The smallest absolute Gasteiger partial charge is 0.342 e. The van der Waals surface area contributed by atoms with E-state index in [1.165, 1.54) is 0 Å². The Morgan fingerprint density at radius 1 is 0.966 bits per heavy atom. The third-order valence-corrected chi connectivity index (χ3v) is 4.72. The topological polar surface area (TPSA) is 105 Å². The Hall–Kier alpha value is -2.22. The van der Waals surface area contributed by atoms with E-state index in [1.807, 2.05) is 54.6 Å². The summed E-state index contributed by atoms with van der Waals surface area (Å²) in [5, 5.41) is 0. The third kappa shape index (κ3) is 6.96. The largest absolute Gasteiger partial charge is 0.460 e. The highest BCUT2D eigenvalue weighted by Gasteiger charge is 2.46. The molecule has 0 saturated carbocycles. The predicted octanol–water partition coefficient (Wildman–Crippen LogP) is 3.31. The van der Waals surface area contributed by atoms with Gasteiger partial charge in [-0.2, -0.15) is 0 Å². The van der Waals surface area contributed by atoms with Crippen molar-refractivity contribution in [2.75, 3.05) is 0 Å². The molecule has 2 aromatic rings. The number of benzene rings is 2. The van der Waals surface area contributed by atoms with E-state index in [0.717, 1.165) is 15.6 Å². The minimum Gasteiger partial charge on any atom is -0.460 e. The van der Waals surface area contributed by atoms with Crippen LogP contribution in [-0.4, -0.2) is 23.2 Å². The monoisotopic (exact) mass is 462 g/mol. The summed E-state index contributed by atoms with van der Waals surface area (Å²) in [5.41, 5.74) is 11.1. The Kier molecular flexibility index (Phi) is 7.57. The zero-order valence-corrected chi connectivity index (χ0v) is 18.4. The number of ether oxygens (including phenoxy) is 2. The average Bonchev–Trinajstić information content (AvgIpc) is 2.64. The SMILES string of the molecule is CC(C)(C)OC(=O)C(Cc1ccc(Br)cc1)C(N)(N)C(=O)OCc1ccccc1. The highest BCUT2D eigenvalue weighted by atomic mass is 79.9. The summed E-state index contributed by atoms with van der Waals surface area (Å²) in [6, 6.07) is 16.5. The molecule has 0 aliphatic heterocycles. The first-order valence-electron chi connectivity index (χ1n) is 9.25. The van der Waals surface area contributed by atoms with Gasteiger partial charge in [0.2, 0.25) is 0 Å². The van der Waals surface area contributed by atoms with Crippen LogP contribution in [0.5, 0.6) is 0 Å². The predicted molar refractivity (Wildman–Crippen MR) is 115 cm³/mol. The van der Waals surface area contributed by atoms with Crippen LogP contribution in [0.15, 0.2) is 59.1 Å². The molecule has 0 aliphatic carbocycles. The zero-order chi connectivity index (χ0) is 21.7. The van der Waals surface area contributed by atoms with E-state index >= 15 is 0 Å². The van der Waals surface area contributed by atoms with Crippen LogP contribution in [0.3, 0.4) is 0 Å². The molecule has 0 fully saturated rings. The molecule has 6 nitrogen and oxygen atoms in total. The summed E-state index contributed by atoms with van der Waals surface area (Å²) >= 11 is 3.37. The zero-order valence-electron chi connectivity index (χ0n) is 16.9. The molecule has 7 heteroatoms. The lowest BCUT2D eigenvalue weighted by Crippen LogP contribution is -2.65. The van der Waals surface area contributed by atoms with Crippen molar-refractivity contribution in [2.45, 2.75) is 45.1 Å². The molecule has 4 N–H and O–H groups in total. The Balaban J connectivity index is 2.22. The fourth-order valence-electron chi connectivity index (χ4n) is 2.67. The Morgan fingerprint density at radius 2 is 1.55 bits per heavy atom. The van der Waals surface area contributed by atoms with Crippen molar-refractivity contribution in [3.05, 3.63) is 70.2 Å². The van der Waals surface area contributed by atoms with Gasteiger partial charge in [0.25, 0.3) is 0 Å². The van der Waals surface area contributed by atoms with Gasteiger partial charge < -0.3 is 20.9 Å². The van der Waals surface area contributed by atoms with Gasteiger partial charge in [-0.3, -0.25) is 4.79 Å². The second kappa shape index (κ2) is 9.52. The lowest BCUT2D eigenvalue weighted by molar-refractivity contribution is -0.170. The molecule has 2 rings (SSSR count). The Morgan fingerprint density at radius 3 is 2.10 bits per heavy atom. The molecule has 29 heavy (non-hydrogen) atoms. The second-order valence-electron chi connectivity index (χ2n) is 7.91. The van der Waals surface area contributed by atoms with E-state index in [1.54, 1.807) is 20.8 Å². The summed E-state index contributed by atoms with van der Waals surface area (Å²) in [6.45, 7) is 5.23. The third-order valence-electron chi connectivity index (χ3n) is 4.19. The lowest BCUT2D eigenvalue weighted by atomic mass is 9.87. The van der Waals surface area contributed by atoms with Gasteiger partial charge in [0.05, 0.1) is 0 Å². The molecule has 2 aromatic carbocycles. The molecule has 0 amide bonds. The average molecular weight is 463 g/mol. The number of hydrogen-bond acceptors (Lipinski definition) is 6. The van der Waals surface area contributed by atoms with Gasteiger partial charge >= 0.3 is 11.9 Å². The first-order valence-corrected chi connectivity index (χ1v) is 10.0. The minimum atomic E-state index is -2.05. The first kappa shape index (κ1) is 23.1. The second-order valence-corrected chi connectivity index (χ2v) is 8.83. The summed E-state index contributed by atoms with van der Waals surface area (Å²) in [7, 11) is 0. The standard InChI is InChI=1S/C22H27BrN2O4/c1-21(2,3)29-19(26)18(13-15-9-11-17(23)12-10-15)22(24,25)20(27)28-14-16-7-5-4-6-8-16/h4-12,18H,13-14,24-25H2,1-3H3. The van der Waals surface area contributed by atoms with Crippen LogP contribution in [0, 0.1) is 5.92 Å². The molecule has 0 radical (unpaired) electrons. The maximum atomic E-state index is 12.9. The summed E-state index contributed by atoms with van der Waals surface area (Å²) in [4.78, 5) is 25.6. The summed E-state index contributed by atoms with van der Waals surface area (Å²) in [6.07, 6.45) is 0.135. The molecular weight excluding hydrogens is 436 g/mol. The van der Waals surface area contributed by atoms with Crippen LogP contribution >= 0.6 is 15.9 Å². The van der Waals surface area contributed by atoms with Crippen LogP contribution in [0.4, 0.5) is 0 Å². The van der Waals surface area contributed by atoms with Gasteiger partial charge in [0.15, 0.2) is 5.66 Å². The molecule has 0 spiro atoms. The molecule has 1 unspecified atom stereocenters. The number of rotatable bonds is 7.